The van der Waals surface area contributed by atoms with Crippen LogP contribution in [0, 0.1) is 0 Å². The minimum absolute atomic E-state index is 0.0945. The molecular weight excluding hydrogens is 250 g/mol. The summed E-state index contributed by atoms with van der Waals surface area (Å²) < 4.78 is 0. The minimum atomic E-state index is -0.461. The van der Waals surface area contributed by atoms with Gasteiger partial charge < -0.3 is 10.6 Å². The molecule has 0 spiro atoms. The van der Waals surface area contributed by atoms with Gasteiger partial charge in [0.05, 0.1) is 6.04 Å². The largest absolute Gasteiger partial charge is 0.346 e. The zero-order valence-corrected chi connectivity index (χ0v) is 11.5. The first-order valence-electron chi connectivity index (χ1n) is 6.06. The van der Waals surface area contributed by atoms with E-state index in [2.05, 4.69) is 15.6 Å². The van der Waals surface area contributed by atoms with Crippen LogP contribution in [0.2, 0.25) is 0 Å². The molecule has 18 heavy (non-hydrogen) atoms. The van der Waals surface area contributed by atoms with E-state index in [1.54, 1.807) is 18.5 Å². The molecule has 0 unspecified atom stereocenters. The molecule has 1 rings (SSSR count). The number of nitrogens with zero attached hydrogens (tertiary/aromatic N) is 1. The molecule has 0 aliphatic rings. The zero-order valence-electron chi connectivity index (χ0n) is 10.7. The summed E-state index contributed by atoms with van der Waals surface area (Å²) in [7, 11) is 1.86. The molecule has 0 saturated carbocycles. The molecule has 0 radical (unpaired) electrons. The first-order valence-corrected chi connectivity index (χ1v) is 6.94. The molecule has 1 atom stereocenters. The van der Waals surface area contributed by atoms with Crippen LogP contribution >= 0.6 is 11.3 Å². The highest BCUT2D eigenvalue weighted by Gasteiger charge is 2.22. The number of carbonyl (C=O) groups is 2. The topological polar surface area (TPSA) is 71.1 Å². The Bertz CT molecular complexity index is 379. The van der Waals surface area contributed by atoms with Crippen molar-refractivity contribution in [2.45, 2.75) is 32.2 Å². The highest BCUT2D eigenvalue weighted by atomic mass is 32.1. The van der Waals surface area contributed by atoms with Gasteiger partial charge in [-0.25, -0.2) is 4.98 Å². The second kappa shape index (κ2) is 7.94. The Hall–Kier alpha value is -1.27. The van der Waals surface area contributed by atoms with E-state index in [4.69, 9.17) is 0 Å². The van der Waals surface area contributed by atoms with E-state index in [-0.39, 0.29) is 11.7 Å². The van der Waals surface area contributed by atoms with Crippen molar-refractivity contribution in [3.8, 4) is 0 Å². The van der Waals surface area contributed by atoms with Gasteiger partial charge in [0.15, 0.2) is 5.01 Å². The molecule has 0 aromatic carbocycles. The number of rotatable bonds is 8. The van der Waals surface area contributed by atoms with Crippen molar-refractivity contribution in [1.82, 2.24) is 15.6 Å². The van der Waals surface area contributed by atoms with E-state index in [9.17, 15) is 9.59 Å². The summed E-state index contributed by atoms with van der Waals surface area (Å²) in [5.74, 6) is -0.197. The van der Waals surface area contributed by atoms with Crippen LogP contribution in [0.4, 0.5) is 0 Å². The van der Waals surface area contributed by atoms with Gasteiger partial charge in [0.1, 0.15) is 0 Å². The fraction of sp³-hybridized carbons (Fsp3) is 0.583. The number of hydrogen-bond donors (Lipinski definition) is 2. The molecule has 0 fully saturated rings. The molecule has 1 aromatic heterocycles. The van der Waals surface area contributed by atoms with Crippen molar-refractivity contribution in [2.75, 3.05) is 13.6 Å². The monoisotopic (exact) mass is 269 g/mol. The second-order valence-electron chi connectivity index (χ2n) is 3.92. The van der Waals surface area contributed by atoms with E-state index < -0.39 is 6.04 Å². The molecule has 1 aromatic rings. The maximum absolute atomic E-state index is 12.2. The molecule has 100 valence electrons. The summed E-state index contributed by atoms with van der Waals surface area (Å²) in [4.78, 5) is 27.6. The molecule has 5 nitrogen and oxygen atoms in total. The number of aromatic nitrogens is 1. The Morgan fingerprint density at radius 2 is 2.28 bits per heavy atom. The fourth-order valence-electron chi connectivity index (χ4n) is 1.54. The van der Waals surface area contributed by atoms with Crippen molar-refractivity contribution in [3.63, 3.8) is 0 Å². The van der Waals surface area contributed by atoms with Crippen molar-refractivity contribution in [1.29, 1.82) is 0 Å². The predicted octanol–water partition coefficient (Wildman–Crippen LogP) is 1.22. The third-order valence-corrected chi connectivity index (χ3v) is 3.32. The number of amides is 1. The van der Waals surface area contributed by atoms with Gasteiger partial charge in [-0.05, 0) is 26.4 Å². The molecular formula is C12H19N3O2S. The van der Waals surface area contributed by atoms with E-state index in [0.29, 0.717) is 17.8 Å². The number of nitrogens with one attached hydrogen (secondary N) is 2. The molecule has 2 N–H and O–H groups in total. The fourth-order valence-corrected chi connectivity index (χ4v) is 2.17. The lowest BCUT2D eigenvalue weighted by Crippen LogP contribution is -2.40. The Kier molecular flexibility index (Phi) is 6.53. The SMILES string of the molecule is CCC(=O)N[C@@H](CCCNC)C(=O)c1nccs1. The third kappa shape index (κ3) is 4.54. The molecule has 0 saturated heterocycles. The number of thiazole rings is 1. The van der Waals surface area contributed by atoms with Crippen molar-refractivity contribution >= 4 is 23.0 Å². The molecule has 0 bridgehead atoms. The first kappa shape index (κ1) is 14.8. The number of hydrogen-bond acceptors (Lipinski definition) is 5. The Labute approximate surface area is 111 Å². The number of Topliss-reactive ketones (excluding diaryl/α,β-unsaturated/α-hetero) is 1. The van der Waals surface area contributed by atoms with Gasteiger partial charge in [0, 0.05) is 18.0 Å². The first-order chi connectivity index (χ1) is 8.69. The summed E-state index contributed by atoms with van der Waals surface area (Å²) in [6.07, 6.45) is 3.45. The van der Waals surface area contributed by atoms with E-state index in [0.717, 1.165) is 13.0 Å². The highest BCUT2D eigenvalue weighted by Crippen LogP contribution is 2.11. The van der Waals surface area contributed by atoms with Gasteiger partial charge in [0.25, 0.3) is 0 Å². The van der Waals surface area contributed by atoms with Crippen LogP contribution in [0.5, 0.6) is 0 Å². The summed E-state index contributed by atoms with van der Waals surface area (Å²) in [6, 6.07) is -0.461. The van der Waals surface area contributed by atoms with Crippen LogP contribution < -0.4 is 10.6 Å². The minimum Gasteiger partial charge on any atom is -0.346 e. The van der Waals surface area contributed by atoms with Crippen LogP contribution in [0.15, 0.2) is 11.6 Å². The summed E-state index contributed by atoms with van der Waals surface area (Å²) in [6.45, 7) is 2.59. The van der Waals surface area contributed by atoms with Crippen molar-refractivity contribution in [3.05, 3.63) is 16.6 Å². The van der Waals surface area contributed by atoms with Crippen molar-refractivity contribution in [2.24, 2.45) is 0 Å². The lowest BCUT2D eigenvalue weighted by Gasteiger charge is -2.16. The quantitative estimate of drug-likeness (QED) is 0.550. The van der Waals surface area contributed by atoms with Gasteiger partial charge >= 0.3 is 0 Å². The highest BCUT2D eigenvalue weighted by molar-refractivity contribution is 7.11. The Morgan fingerprint density at radius 1 is 1.50 bits per heavy atom. The average Bonchev–Trinajstić information content (AvgIpc) is 2.90. The lowest BCUT2D eigenvalue weighted by molar-refractivity contribution is -0.121. The van der Waals surface area contributed by atoms with E-state index >= 15 is 0 Å². The number of ketones is 1. The Balaban J connectivity index is 2.63. The average molecular weight is 269 g/mol. The number of carbonyl (C=O) groups excluding carboxylic acids is 2. The van der Waals surface area contributed by atoms with E-state index in [1.165, 1.54) is 11.3 Å². The van der Waals surface area contributed by atoms with Crippen LogP contribution in [0.25, 0.3) is 0 Å². The molecule has 0 aliphatic carbocycles. The summed E-state index contributed by atoms with van der Waals surface area (Å²) in [5.41, 5.74) is 0. The maximum Gasteiger partial charge on any atom is 0.220 e. The van der Waals surface area contributed by atoms with Gasteiger partial charge in [-0.1, -0.05) is 6.92 Å². The van der Waals surface area contributed by atoms with Crippen LogP contribution in [-0.4, -0.2) is 36.3 Å². The standard InChI is InChI=1S/C12H19N3O2S/c1-3-10(16)15-9(5-4-6-13-2)11(17)12-14-7-8-18-12/h7-9,13H,3-6H2,1-2H3,(H,15,16)/t9-/m0/s1. The van der Waals surface area contributed by atoms with Gasteiger partial charge in [-0.3, -0.25) is 9.59 Å². The molecule has 0 aliphatic heterocycles. The predicted molar refractivity (Wildman–Crippen MR) is 71.8 cm³/mol. The summed E-state index contributed by atoms with van der Waals surface area (Å²) >= 11 is 1.31. The smallest absolute Gasteiger partial charge is 0.220 e. The lowest BCUT2D eigenvalue weighted by atomic mass is 10.1. The molecule has 1 heterocycles. The molecule has 6 heteroatoms. The normalized spacial score (nSPS) is 12.1. The second-order valence-corrected chi connectivity index (χ2v) is 4.82. The maximum atomic E-state index is 12.2. The van der Waals surface area contributed by atoms with E-state index in [1.807, 2.05) is 7.05 Å². The van der Waals surface area contributed by atoms with Gasteiger partial charge in [-0.15, -0.1) is 11.3 Å². The van der Waals surface area contributed by atoms with Crippen LogP contribution in [-0.2, 0) is 4.79 Å². The third-order valence-electron chi connectivity index (χ3n) is 2.54. The van der Waals surface area contributed by atoms with Crippen molar-refractivity contribution < 1.29 is 9.59 Å². The van der Waals surface area contributed by atoms with Crippen LogP contribution in [0.3, 0.4) is 0 Å². The molecule has 1 amide bonds. The van der Waals surface area contributed by atoms with Gasteiger partial charge in [-0.2, -0.15) is 0 Å². The van der Waals surface area contributed by atoms with Crippen LogP contribution in [0.1, 0.15) is 36.0 Å². The zero-order chi connectivity index (χ0) is 13.4. The Morgan fingerprint density at radius 3 is 2.83 bits per heavy atom. The van der Waals surface area contributed by atoms with Gasteiger partial charge in [0.2, 0.25) is 11.7 Å². The summed E-state index contributed by atoms with van der Waals surface area (Å²) in [5, 5.41) is 8.01.